The molecule has 0 spiro atoms. The van der Waals surface area contributed by atoms with Gasteiger partial charge in [0, 0.05) is 61.3 Å². The van der Waals surface area contributed by atoms with E-state index in [1.54, 1.807) is 48.8 Å². The highest BCUT2D eigenvalue weighted by atomic mass is 16.5. The Balaban J connectivity index is 1.19. The van der Waals surface area contributed by atoms with Crippen molar-refractivity contribution < 1.29 is 19.1 Å². The monoisotopic (exact) mass is 445 g/mol. The lowest BCUT2D eigenvalue weighted by atomic mass is 10.2. The SMILES string of the molecule is O=C1Cc2nccc(Oc3ccc(NC(=O)Nc4ccnc(N5CCOCC5)c4)cc3)c2C1. The number of anilines is 3. The van der Waals surface area contributed by atoms with Crippen LogP contribution in [0.2, 0.25) is 0 Å². The van der Waals surface area contributed by atoms with E-state index in [1.165, 1.54) is 0 Å². The number of carbonyl (C=O) groups is 2. The number of aromatic nitrogens is 2. The average molecular weight is 445 g/mol. The molecule has 0 saturated carbocycles. The highest BCUT2D eigenvalue weighted by molar-refractivity contribution is 6.00. The molecule has 2 amide bonds. The molecule has 0 unspecified atom stereocenters. The molecule has 1 fully saturated rings. The fourth-order valence-electron chi connectivity index (χ4n) is 3.89. The number of fused-ring (bicyclic) bond motifs is 1. The van der Waals surface area contributed by atoms with Gasteiger partial charge in [0.2, 0.25) is 0 Å². The summed E-state index contributed by atoms with van der Waals surface area (Å²) in [4.78, 5) is 35.0. The van der Waals surface area contributed by atoms with E-state index in [1.807, 2.05) is 6.07 Å². The van der Waals surface area contributed by atoms with Crippen LogP contribution < -0.4 is 20.3 Å². The Morgan fingerprint density at radius 1 is 0.939 bits per heavy atom. The average Bonchev–Trinajstić information content (AvgIpc) is 3.22. The Kier molecular flexibility index (Phi) is 5.86. The first-order valence-electron chi connectivity index (χ1n) is 10.8. The normalized spacial score (nSPS) is 15.2. The van der Waals surface area contributed by atoms with E-state index < -0.39 is 0 Å². The molecule has 9 nitrogen and oxygen atoms in total. The van der Waals surface area contributed by atoms with Crippen molar-refractivity contribution in [2.75, 3.05) is 41.8 Å². The van der Waals surface area contributed by atoms with Crippen molar-refractivity contribution in [2.24, 2.45) is 0 Å². The molecule has 1 saturated heterocycles. The summed E-state index contributed by atoms with van der Waals surface area (Å²) in [5.74, 6) is 2.20. The van der Waals surface area contributed by atoms with Crippen molar-refractivity contribution in [3.05, 3.63) is 66.1 Å². The number of rotatable bonds is 5. The van der Waals surface area contributed by atoms with E-state index in [4.69, 9.17) is 9.47 Å². The van der Waals surface area contributed by atoms with Gasteiger partial charge >= 0.3 is 6.03 Å². The van der Waals surface area contributed by atoms with Crippen molar-refractivity contribution in [3.8, 4) is 11.5 Å². The lowest BCUT2D eigenvalue weighted by Gasteiger charge is -2.28. The molecule has 5 rings (SSSR count). The fourth-order valence-corrected chi connectivity index (χ4v) is 3.89. The van der Waals surface area contributed by atoms with Crippen LogP contribution in [0.5, 0.6) is 11.5 Å². The van der Waals surface area contributed by atoms with Crippen LogP contribution in [0.15, 0.2) is 54.9 Å². The number of nitrogens with zero attached hydrogens (tertiary/aromatic N) is 3. The molecular formula is C24H23N5O4. The molecular weight excluding hydrogens is 422 g/mol. The molecule has 2 N–H and O–H groups in total. The lowest BCUT2D eigenvalue weighted by Crippen LogP contribution is -2.36. The summed E-state index contributed by atoms with van der Waals surface area (Å²) in [6.45, 7) is 2.88. The third-order valence-corrected chi connectivity index (χ3v) is 5.52. The third-order valence-electron chi connectivity index (χ3n) is 5.52. The van der Waals surface area contributed by atoms with Gasteiger partial charge in [0.1, 0.15) is 23.1 Å². The molecule has 0 atom stereocenters. The summed E-state index contributed by atoms with van der Waals surface area (Å²) in [6.07, 6.45) is 4.03. The molecule has 1 aliphatic carbocycles. The van der Waals surface area contributed by atoms with Crippen molar-refractivity contribution >= 4 is 29.0 Å². The second-order valence-corrected chi connectivity index (χ2v) is 7.83. The minimum atomic E-state index is -0.353. The molecule has 1 aromatic carbocycles. The number of hydrogen-bond donors (Lipinski definition) is 2. The van der Waals surface area contributed by atoms with E-state index in [2.05, 4.69) is 25.5 Å². The molecule has 3 heterocycles. The third kappa shape index (κ3) is 4.93. The molecule has 1 aliphatic heterocycles. The summed E-state index contributed by atoms with van der Waals surface area (Å²) < 4.78 is 11.3. The van der Waals surface area contributed by atoms with E-state index >= 15 is 0 Å². The van der Waals surface area contributed by atoms with Crippen LogP contribution >= 0.6 is 0 Å². The second kappa shape index (κ2) is 9.25. The number of benzene rings is 1. The topological polar surface area (TPSA) is 106 Å². The van der Waals surface area contributed by atoms with E-state index in [-0.39, 0.29) is 11.8 Å². The van der Waals surface area contributed by atoms with Crippen LogP contribution in [0, 0.1) is 0 Å². The molecule has 2 aliphatic rings. The summed E-state index contributed by atoms with van der Waals surface area (Å²) in [7, 11) is 0. The van der Waals surface area contributed by atoms with E-state index in [0.717, 1.165) is 30.2 Å². The zero-order chi connectivity index (χ0) is 22.6. The lowest BCUT2D eigenvalue weighted by molar-refractivity contribution is -0.117. The van der Waals surface area contributed by atoms with E-state index in [0.29, 0.717) is 48.9 Å². The Labute approximate surface area is 190 Å². The van der Waals surface area contributed by atoms with Crippen molar-refractivity contribution in [3.63, 3.8) is 0 Å². The standard InChI is InChI=1S/C24H23N5O4/c30-18-14-20-21(15-18)25-8-6-22(20)33-19-3-1-16(2-4-19)27-24(31)28-17-5-7-26-23(13-17)29-9-11-32-12-10-29/h1-8,13H,9-12,14-15H2,(H2,26,27,28,31). The first-order valence-corrected chi connectivity index (χ1v) is 10.8. The quantitative estimate of drug-likeness (QED) is 0.620. The fraction of sp³-hybridized carbons (Fsp3) is 0.250. The van der Waals surface area contributed by atoms with Crippen LogP contribution in [0.1, 0.15) is 11.3 Å². The molecule has 168 valence electrons. The Bertz CT molecular complexity index is 1180. The summed E-state index contributed by atoms with van der Waals surface area (Å²) in [5, 5.41) is 5.65. The summed E-state index contributed by atoms with van der Waals surface area (Å²) in [6, 6.07) is 12.0. The molecule has 2 aromatic heterocycles. The Hall–Kier alpha value is -3.98. The molecule has 9 heteroatoms. The first kappa shape index (κ1) is 20.9. The van der Waals surface area contributed by atoms with Gasteiger partial charge in [0.25, 0.3) is 0 Å². The van der Waals surface area contributed by atoms with Crippen molar-refractivity contribution in [1.82, 2.24) is 9.97 Å². The number of amides is 2. The number of Topliss-reactive ketones (excluding diaryl/α,β-unsaturated/α-hetero) is 1. The first-order chi connectivity index (χ1) is 16.1. The zero-order valence-corrected chi connectivity index (χ0v) is 17.9. The van der Waals surface area contributed by atoms with Gasteiger partial charge < -0.3 is 25.0 Å². The zero-order valence-electron chi connectivity index (χ0n) is 17.9. The minimum Gasteiger partial charge on any atom is -0.457 e. The number of urea groups is 1. The number of nitrogens with one attached hydrogen (secondary N) is 2. The van der Waals surface area contributed by atoms with Gasteiger partial charge in [-0.25, -0.2) is 9.78 Å². The smallest absolute Gasteiger partial charge is 0.323 e. The summed E-state index contributed by atoms with van der Waals surface area (Å²) >= 11 is 0. The van der Waals surface area contributed by atoms with Gasteiger partial charge in [-0.2, -0.15) is 0 Å². The molecule has 3 aromatic rings. The minimum absolute atomic E-state index is 0.144. The molecule has 33 heavy (non-hydrogen) atoms. The van der Waals surface area contributed by atoms with Crippen LogP contribution in [-0.2, 0) is 22.4 Å². The summed E-state index contributed by atoms with van der Waals surface area (Å²) in [5.41, 5.74) is 2.90. The van der Waals surface area contributed by atoms with Gasteiger partial charge in [0.15, 0.2) is 0 Å². The maximum absolute atomic E-state index is 12.5. The van der Waals surface area contributed by atoms with Gasteiger partial charge in [-0.15, -0.1) is 0 Å². The largest absolute Gasteiger partial charge is 0.457 e. The number of ether oxygens (including phenoxy) is 2. The van der Waals surface area contributed by atoms with Crippen LogP contribution in [0.25, 0.3) is 0 Å². The van der Waals surface area contributed by atoms with Gasteiger partial charge in [-0.3, -0.25) is 9.78 Å². The van der Waals surface area contributed by atoms with Crippen molar-refractivity contribution in [2.45, 2.75) is 12.8 Å². The Morgan fingerprint density at radius 2 is 1.70 bits per heavy atom. The number of hydrogen-bond acceptors (Lipinski definition) is 7. The van der Waals surface area contributed by atoms with Gasteiger partial charge in [-0.1, -0.05) is 0 Å². The van der Waals surface area contributed by atoms with E-state index in [9.17, 15) is 9.59 Å². The predicted octanol–water partition coefficient (Wildman–Crippen LogP) is 3.42. The van der Waals surface area contributed by atoms with Crippen LogP contribution in [0.3, 0.4) is 0 Å². The number of carbonyl (C=O) groups excluding carboxylic acids is 2. The molecule has 0 radical (unpaired) electrons. The maximum atomic E-state index is 12.5. The molecule has 0 bridgehead atoms. The predicted molar refractivity (Wildman–Crippen MR) is 123 cm³/mol. The van der Waals surface area contributed by atoms with Gasteiger partial charge in [-0.05, 0) is 36.4 Å². The van der Waals surface area contributed by atoms with Gasteiger partial charge in [0.05, 0.1) is 18.9 Å². The maximum Gasteiger partial charge on any atom is 0.323 e. The highest BCUT2D eigenvalue weighted by Crippen LogP contribution is 2.31. The number of pyridine rings is 2. The van der Waals surface area contributed by atoms with Crippen LogP contribution in [-0.4, -0.2) is 48.1 Å². The van der Waals surface area contributed by atoms with Crippen LogP contribution in [0.4, 0.5) is 22.0 Å². The van der Waals surface area contributed by atoms with Crippen molar-refractivity contribution in [1.29, 1.82) is 0 Å². The highest BCUT2D eigenvalue weighted by Gasteiger charge is 2.23. The second-order valence-electron chi connectivity index (χ2n) is 7.83. The number of morpholine rings is 1. The Morgan fingerprint density at radius 3 is 2.52 bits per heavy atom. The number of ketones is 1.